The molecule has 1 N–H and O–H groups in total. The Morgan fingerprint density at radius 3 is 1.81 bits per heavy atom. The van der Waals surface area contributed by atoms with Crippen molar-refractivity contribution in [2.75, 3.05) is 55.4 Å². The van der Waals surface area contributed by atoms with Crippen LogP contribution in [0.2, 0.25) is 0 Å². The van der Waals surface area contributed by atoms with Gasteiger partial charge in [-0.05, 0) is 6.92 Å². The Hall–Kier alpha value is -2.00. The lowest BCUT2D eigenvalue weighted by Crippen LogP contribution is -2.56. The molecule has 0 aliphatic carbocycles. The van der Waals surface area contributed by atoms with E-state index in [1.54, 1.807) is 21.1 Å². The third-order valence-corrected chi connectivity index (χ3v) is 3.60. The minimum absolute atomic E-state index is 0.00788. The second-order valence-corrected chi connectivity index (χ2v) is 8.95. The molecule has 1 unspecified atom stereocenters. The van der Waals surface area contributed by atoms with E-state index in [9.17, 15) is 24.3 Å². The Morgan fingerprint density at radius 1 is 0.963 bits per heavy atom. The van der Waals surface area contributed by atoms with Gasteiger partial charge in [0.05, 0.1) is 55.1 Å². The molecule has 0 radical (unpaired) electrons. The zero-order valence-corrected chi connectivity index (χ0v) is 17.7. The van der Waals surface area contributed by atoms with Crippen LogP contribution in [0.3, 0.4) is 0 Å². The summed E-state index contributed by atoms with van der Waals surface area (Å²) < 4.78 is 11.3. The van der Waals surface area contributed by atoms with Crippen LogP contribution >= 0.6 is 0 Å². The average molecular weight is 390 g/mol. The van der Waals surface area contributed by atoms with Gasteiger partial charge in [-0.1, -0.05) is 0 Å². The largest absolute Gasteiger partial charge is 0.481 e. The van der Waals surface area contributed by atoms with Crippen molar-refractivity contribution < 1.29 is 42.7 Å². The molecule has 0 spiro atoms. The number of ketones is 1. The Kier molecular flexibility index (Phi) is 8.59. The fourth-order valence-electron chi connectivity index (χ4n) is 2.88. The van der Waals surface area contributed by atoms with Gasteiger partial charge < -0.3 is 23.5 Å². The lowest BCUT2D eigenvalue weighted by atomic mass is 9.93. The summed E-state index contributed by atoms with van der Waals surface area (Å²) in [5.41, 5.74) is -1.78. The first-order valence-corrected chi connectivity index (χ1v) is 8.68. The van der Waals surface area contributed by atoms with Crippen LogP contribution in [0.1, 0.15) is 26.7 Å². The highest BCUT2D eigenvalue weighted by Gasteiger charge is 2.47. The number of carbonyl (C=O) groups excluding carboxylic acids is 3. The van der Waals surface area contributed by atoms with Gasteiger partial charge in [0.25, 0.3) is 0 Å². The van der Waals surface area contributed by atoms with Crippen LogP contribution in [0.15, 0.2) is 0 Å². The molecule has 2 atom stereocenters. The number of Topliss-reactive ketones (excluding diaryl/α,β-unsaturated/α-hetero) is 1. The molecular formula is C18H34N2O7+2. The van der Waals surface area contributed by atoms with Gasteiger partial charge in [0.15, 0.2) is 11.9 Å². The van der Waals surface area contributed by atoms with E-state index in [4.69, 9.17) is 9.47 Å². The van der Waals surface area contributed by atoms with E-state index < -0.39 is 41.8 Å². The number of esters is 2. The van der Waals surface area contributed by atoms with Crippen LogP contribution in [-0.2, 0) is 28.7 Å². The third-order valence-electron chi connectivity index (χ3n) is 3.60. The molecule has 0 saturated carbocycles. The van der Waals surface area contributed by atoms with Gasteiger partial charge in [-0.15, -0.1) is 0 Å². The normalized spacial score (nSPS) is 15.4. The molecule has 0 aliphatic rings. The minimum Gasteiger partial charge on any atom is -0.481 e. The van der Waals surface area contributed by atoms with Crippen molar-refractivity contribution in [2.45, 2.75) is 38.4 Å². The Labute approximate surface area is 161 Å². The topological polar surface area (TPSA) is 107 Å². The summed E-state index contributed by atoms with van der Waals surface area (Å²) in [5, 5.41) is 9.24. The molecule has 0 saturated heterocycles. The van der Waals surface area contributed by atoms with E-state index in [2.05, 4.69) is 0 Å². The zero-order chi connectivity index (χ0) is 21.6. The van der Waals surface area contributed by atoms with E-state index in [0.29, 0.717) is 11.0 Å². The average Bonchev–Trinajstić information content (AvgIpc) is 2.31. The van der Waals surface area contributed by atoms with E-state index in [1.165, 1.54) is 13.8 Å². The fourth-order valence-corrected chi connectivity index (χ4v) is 2.88. The lowest BCUT2D eigenvalue weighted by molar-refractivity contribution is -0.875. The highest BCUT2D eigenvalue weighted by atomic mass is 16.6. The quantitative estimate of drug-likeness (QED) is 0.393. The predicted octanol–water partition coefficient (Wildman–Crippen LogP) is 0.0663. The van der Waals surface area contributed by atoms with Crippen molar-refractivity contribution in [3.05, 3.63) is 0 Å². The number of ether oxygens (including phenoxy) is 2. The molecule has 0 bridgehead atoms. The van der Waals surface area contributed by atoms with Crippen LogP contribution in [0.4, 0.5) is 0 Å². The molecule has 0 amide bonds. The molecule has 0 aromatic rings. The first kappa shape index (κ1) is 25.0. The van der Waals surface area contributed by atoms with Gasteiger partial charge in [0.2, 0.25) is 5.60 Å². The number of hydrogen-bond donors (Lipinski definition) is 1. The first-order chi connectivity index (χ1) is 12.0. The minimum atomic E-state index is -1.78. The maximum atomic E-state index is 12.5. The van der Waals surface area contributed by atoms with Crippen LogP contribution in [0.25, 0.3) is 0 Å². The third kappa shape index (κ3) is 10.7. The van der Waals surface area contributed by atoms with Crippen molar-refractivity contribution in [3.63, 3.8) is 0 Å². The molecule has 0 fully saturated rings. The van der Waals surface area contributed by atoms with Gasteiger partial charge >= 0.3 is 17.9 Å². The Balaban J connectivity index is 5.54. The summed E-state index contributed by atoms with van der Waals surface area (Å²) in [7, 11) is 10.9. The molecule has 0 aromatic carbocycles. The van der Waals surface area contributed by atoms with E-state index in [1.807, 2.05) is 21.1 Å². The van der Waals surface area contributed by atoms with Crippen LogP contribution < -0.4 is 0 Å². The number of carbonyl (C=O) groups is 4. The maximum Gasteiger partial charge on any atom is 0.311 e. The number of likely N-dealkylation sites (N-methyl/N-ethyl adjacent to an activating group) is 2. The lowest BCUT2D eigenvalue weighted by Gasteiger charge is -2.36. The Morgan fingerprint density at radius 2 is 1.48 bits per heavy atom. The van der Waals surface area contributed by atoms with E-state index in [0.717, 1.165) is 0 Å². The highest BCUT2D eigenvalue weighted by Crippen LogP contribution is 2.23. The van der Waals surface area contributed by atoms with Gasteiger partial charge in [0, 0.05) is 6.92 Å². The summed E-state index contributed by atoms with van der Waals surface area (Å²) >= 11 is 0. The summed E-state index contributed by atoms with van der Waals surface area (Å²) in [6, 6.07) is 0. The monoisotopic (exact) mass is 390 g/mol. The van der Waals surface area contributed by atoms with Crippen LogP contribution in [0, 0.1) is 0 Å². The van der Waals surface area contributed by atoms with Gasteiger partial charge in [0.1, 0.15) is 13.1 Å². The number of quaternary nitrogens is 2. The molecular weight excluding hydrogens is 356 g/mol. The van der Waals surface area contributed by atoms with Crippen molar-refractivity contribution in [1.82, 2.24) is 0 Å². The molecule has 0 heterocycles. The number of aliphatic carboxylic acids is 1. The summed E-state index contributed by atoms with van der Waals surface area (Å²) in [5.74, 6) is -3.09. The zero-order valence-electron chi connectivity index (χ0n) is 17.7. The van der Waals surface area contributed by atoms with E-state index in [-0.39, 0.29) is 17.4 Å². The number of carboxylic acids is 1. The molecule has 9 heteroatoms. The summed E-state index contributed by atoms with van der Waals surface area (Å²) in [4.78, 5) is 47.5. The van der Waals surface area contributed by atoms with Crippen molar-refractivity contribution in [3.8, 4) is 0 Å². The summed E-state index contributed by atoms with van der Waals surface area (Å²) in [6.45, 7) is 2.82. The first-order valence-electron chi connectivity index (χ1n) is 8.68. The van der Waals surface area contributed by atoms with Gasteiger partial charge in [-0.2, -0.15) is 0 Å². The number of hydrogen-bond acceptors (Lipinski definition) is 6. The SMILES string of the molecule is CC(=O)O[C@H](CC(=O)OC(CC(=O)O)(C[N+](C)(C)C)C(C)=O)C[N+](C)(C)C. The predicted molar refractivity (Wildman–Crippen MR) is 97.7 cm³/mol. The molecule has 27 heavy (non-hydrogen) atoms. The molecule has 0 rings (SSSR count). The second kappa shape index (κ2) is 9.27. The fraction of sp³-hybridized carbons (Fsp3) is 0.778. The summed E-state index contributed by atoms with van der Waals surface area (Å²) in [6.07, 6.45) is -1.63. The van der Waals surface area contributed by atoms with Crippen LogP contribution in [0.5, 0.6) is 0 Å². The second-order valence-electron chi connectivity index (χ2n) is 8.95. The standard InChI is InChI=1S/C18H33N2O7/c1-13(21)18(10-16(23)24,12-20(6,7)8)27-17(25)9-15(26-14(2)22)11-19(3,4)5/h15H,9-12H2,1-8H3/q+1/p+1/t15-,18?/m1/s1. The highest BCUT2D eigenvalue weighted by molar-refractivity contribution is 5.91. The van der Waals surface area contributed by atoms with Crippen molar-refractivity contribution in [1.29, 1.82) is 0 Å². The van der Waals surface area contributed by atoms with Gasteiger partial charge in [-0.3, -0.25) is 19.2 Å². The van der Waals surface area contributed by atoms with Crippen molar-refractivity contribution in [2.24, 2.45) is 0 Å². The van der Waals surface area contributed by atoms with Crippen LogP contribution in [-0.4, -0.2) is 105 Å². The smallest absolute Gasteiger partial charge is 0.311 e. The molecule has 156 valence electrons. The van der Waals surface area contributed by atoms with Crippen molar-refractivity contribution >= 4 is 23.7 Å². The van der Waals surface area contributed by atoms with E-state index >= 15 is 0 Å². The molecule has 0 aromatic heterocycles. The molecule has 0 aliphatic heterocycles. The number of carboxylic acid groups (broad SMARTS) is 1. The number of rotatable bonds is 11. The Bertz CT molecular complexity index is 575. The maximum absolute atomic E-state index is 12.5. The number of nitrogens with zero attached hydrogens (tertiary/aromatic N) is 2. The van der Waals surface area contributed by atoms with Gasteiger partial charge in [-0.25, -0.2) is 0 Å². The molecule has 9 nitrogen and oxygen atoms in total.